The van der Waals surface area contributed by atoms with Crippen molar-refractivity contribution in [1.82, 2.24) is 0 Å². The van der Waals surface area contributed by atoms with Crippen LogP contribution in [0.4, 0.5) is 5.69 Å². The number of hydrogen-bond acceptors (Lipinski definition) is 5. The lowest BCUT2D eigenvalue weighted by atomic mass is 10.1. The Kier molecular flexibility index (Phi) is 3.49. The average Bonchev–Trinajstić information content (AvgIpc) is 2.36. The summed E-state index contributed by atoms with van der Waals surface area (Å²) in [5.74, 6) is -0.0569. The molecule has 0 atom stereocenters. The van der Waals surface area contributed by atoms with E-state index >= 15 is 0 Å². The largest absolute Gasteiger partial charge is 0.398 e. The average molecular weight is 315 g/mol. The van der Waals surface area contributed by atoms with Crippen LogP contribution in [0.15, 0.2) is 40.1 Å². The van der Waals surface area contributed by atoms with Gasteiger partial charge in [-0.3, -0.25) is 4.55 Å². The van der Waals surface area contributed by atoms with E-state index in [0.29, 0.717) is 5.39 Å². The van der Waals surface area contributed by atoms with Crippen LogP contribution in [0.5, 0.6) is 0 Å². The first-order valence-electron chi connectivity index (χ1n) is 5.69. The Morgan fingerprint density at radius 2 is 1.75 bits per heavy atom. The van der Waals surface area contributed by atoms with Gasteiger partial charge in [-0.1, -0.05) is 19.1 Å². The standard InChI is InChI=1S/C12H13NO5S2/c1-2-19(14,15)9-4-5-10-8(7-9)3-6-11(13)12(10)20(16,17)18/h3-7H,2,13H2,1H3,(H,16,17,18). The molecule has 6 nitrogen and oxygen atoms in total. The SMILES string of the molecule is CCS(=O)(=O)c1ccc2c(S(=O)(=O)O)c(N)ccc2c1. The van der Waals surface area contributed by atoms with Crippen molar-refractivity contribution in [1.29, 1.82) is 0 Å². The Morgan fingerprint density at radius 1 is 1.10 bits per heavy atom. The number of benzene rings is 2. The van der Waals surface area contributed by atoms with Crippen molar-refractivity contribution in [2.24, 2.45) is 0 Å². The Morgan fingerprint density at radius 3 is 2.30 bits per heavy atom. The summed E-state index contributed by atoms with van der Waals surface area (Å²) >= 11 is 0. The normalized spacial score (nSPS) is 12.7. The third kappa shape index (κ3) is 2.49. The molecular weight excluding hydrogens is 302 g/mol. The quantitative estimate of drug-likeness (QED) is 0.654. The molecule has 8 heteroatoms. The van der Waals surface area contributed by atoms with Gasteiger partial charge >= 0.3 is 0 Å². The van der Waals surface area contributed by atoms with Crippen molar-refractivity contribution < 1.29 is 21.4 Å². The predicted molar refractivity (Wildman–Crippen MR) is 75.9 cm³/mol. The molecule has 0 unspecified atom stereocenters. The summed E-state index contributed by atoms with van der Waals surface area (Å²) < 4.78 is 55.5. The number of sulfone groups is 1. The highest BCUT2D eigenvalue weighted by Gasteiger charge is 2.19. The molecule has 0 aliphatic heterocycles. The maximum absolute atomic E-state index is 11.8. The van der Waals surface area contributed by atoms with Gasteiger partial charge in [-0.05, 0) is 23.6 Å². The van der Waals surface area contributed by atoms with E-state index in [-0.39, 0.29) is 21.7 Å². The molecule has 0 amide bonds. The molecule has 0 bridgehead atoms. The van der Waals surface area contributed by atoms with Crippen LogP contribution < -0.4 is 5.73 Å². The van der Waals surface area contributed by atoms with Gasteiger partial charge in [0.15, 0.2) is 9.84 Å². The van der Waals surface area contributed by atoms with Crippen molar-refractivity contribution in [2.45, 2.75) is 16.7 Å². The predicted octanol–water partition coefficient (Wildman–Crippen LogP) is 1.46. The molecule has 0 aliphatic carbocycles. The van der Waals surface area contributed by atoms with Crippen molar-refractivity contribution in [2.75, 3.05) is 11.5 Å². The monoisotopic (exact) mass is 315 g/mol. The minimum Gasteiger partial charge on any atom is -0.398 e. The molecule has 2 aromatic carbocycles. The van der Waals surface area contributed by atoms with E-state index in [1.54, 1.807) is 0 Å². The molecule has 20 heavy (non-hydrogen) atoms. The highest BCUT2D eigenvalue weighted by Crippen LogP contribution is 2.30. The fourth-order valence-corrected chi connectivity index (χ4v) is 3.69. The first-order chi connectivity index (χ1) is 9.16. The molecule has 3 N–H and O–H groups in total. The second-order valence-corrected chi connectivity index (χ2v) is 7.88. The summed E-state index contributed by atoms with van der Waals surface area (Å²) in [4.78, 5) is -0.311. The summed E-state index contributed by atoms with van der Waals surface area (Å²) in [6.07, 6.45) is 0. The minimum atomic E-state index is -4.49. The first-order valence-corrected chi connectivity index (χ1v) is 8.78. The third-order valence-corrected chi connectivity index (χ3v) is 5.67. The molecule has 0 heterocycles. The third-order valence-electron chi connectivity index (χ3n) is 2.97. The van der Waals surface area contributed by atoms with Gasteiger partial charge in [0.1, 0.15) is 4.90 Å². The molecule has 108 valence electrons. The highest BCUT2D eigenvalue weighted by molar-refractivity contribution is 7.91. The number of hydrogen-bond donors (Lipinski definition) is 2. The fourth-order valence-electron chi connectivity index (χ4n) is 1.94. The second kappa shape index (κ2) is 4.72. The molecule has 0 saturated heterocycles. The van der Waals surface area contributed by atoms with Crippen LogP contribution in [0.1, 0.15) is 6.92 Å². The van der Waals surface area contributed by atoms with E-state index in [2.05, 4.69) is 0 Å². The Balaban J connectivity index is 2.85. The van der Waals surface area contributed by atoms with Crippen molar-refractivity contribution in [3.05, 3.63) is 30.3 Å². The summed E-state index contributed by atoms with van der Waals surface area (Å²) in [7, 11) is -7.88. The van der Waals surface area contributed by atoms with E-state index in [1.165, 1.54) is 37.3 Å². The van der Waals surface area contributed by atoms with Gasteiger partial charge in [0.05, 0.1) is 16.3 Å². The number of anilines is 1. The molecule has 0 aliphatic rings. The van der Waals surface area contributed by atoms with E-state index in [1.807, 2.05) is 0 Å². The fraction of sp³-hybridized carbons (Fsp3) is 0.167. The van der Waals surface area contributed by atoms with Crippen molar-refractivity contribution in [3.63, 3.8) is 0 Å². The van der Waals surface area contributed by atoms with Crippen LogP contribution >= 0.6 is 0 Å². The highest BCUT2D eigenvalue weighted by atomic mass is 32.2. The van der Waals surface area contributed by atoms with Gasteiger partial charge in [-0.25, -0.2) is 8.42 Å². The van der Waals surface area contributed by atoms with Gasteiger partial charge in [0.2, 0.25) is 0 Å². The molecule has 0 saturated carbocycles. The van der Waals surface area contributed by atoms with Gasteiger partial charge < -0.3 is 5.73 Å². The first kappa shape index (κ1) is 14.8. The zero-order chi connectivity index (χ0) is 15.1. The molecule has 0 aromatic heterocycles. The molecule has 0 spiro atoms. The Labute approximate surface area is 116 Å². The van der Waals surface area contributed by atoms with Gasteiger partial charge in [-0.2, -0.15) is 8.42 Å². The number of nitrogen functional groups attached to an aromatic ring is 1. The van der Waals surface area contributed by atoms with Gasteiger partial charge in [0, 0.05) is 5.39 Å². The van der Waals surface area contributed by atoms with Crippen LogP contribution in [0.3, 0.4) is 0 Å². The molecular formula is C12H13NO5S2. The zero-order valence-electron chi connectivity index (χ0n) is 10.6. The van der Waals surface area contributed by atoms with Crippen molar-refractivity contribution in [3.8, 4) is 0 Å². The smallest absolute Gasteiger partial charge is 0.297 e. The topological polar surface area (TPSA) is 115 Å². The summed E-state index contributed by atoms with van der Waals surface area (Å²) in [5.41, 5.74) is 5.47. The van der Waals surface area contributed by atoms with Crippen LogP contribution in [-0.4, -0.2) is 27.1 Å². The lowest BCUT2D eigenvalue weighted by molar-refractivity contribution is 0.484. The van der Waals surface area contributed by atoms with E-state index < -0.39 is 24.9 Å². The molecule has 0 radical (unpaired) electrons. The Bertz CT molecular complexity index is 885. The maximum atomic E-state index is 11.8. The summed E-state index contributed by atoms with van der Waals surface area (Å²) in [6.45, 7) is 1.52. The number of rotatable bonds is 3. The molecule has 2 rings (SSSR count). The maximum Gasteiger partial charge on any atom is 0.297 e. The van der Waals surface area contributed by atoms with Crippen LogP contribution in [0.2, 0.25) is 0 Å². The number of fused-ring (bicyclic) bond motifs is 1. The van der Waals surface area contributed by atoms with Crippen LogP contribution in [0.25, 0.3) is 10.8 Å². The van der Waals surface area contributed by atoms with Crippen molar-refractivity contribution >= 4 is 36.4 Å². The second-order valence-electron chi connectivity index (χ2n) is 4.25. The summed E-state index contributed by atoms with van der Waals surface area (Å²) in [5, 5.41) is 0.559. The van der Waals surface area contributed by atoms with Crippen LogP contribution in [0, 0.1) is 0 Å². The summed E-state index contributed by atoms with van der Waals surface area (Å²) in [6, 6.07) is 6.82. The molecule has 0 fully saturated rings. The van der Waals surface area contributed by atoms with E-state index in [9.17, 15) is 21.4 Å². The number of nitrogens with two attached hydrogens (primary N) is 1. The minimum absolute atomic E-state index is 0.0569. The lowest BCUT2D eigenvalue weighted by Crippen LogP contribution is -2.06. The Hall–Kier alpha value is -1.64. The van der Waals surface area contributed by atoms with Crippen LogP contribution in [-0.2, 0) is 20.0 Å². The van der Waals surface area contributed by atoms with E-state index in [4.69, 9.17) is 5.73 Å². The zero-order valence-corrected chi connectivity index (χ0v) is 12.2. The van der Waals surface area contributed by atoms with Gasteiger partial charge in [0.25, 0.3) is 10.1 Å². The van der Waals surface area contributed by atoms with E-state index in [0.717, 1.165) is 0 Å². The molecule has 2 aromatic rings. The lowest BCUT2D eigenvalue weighted by Gasteiger charge is -2.09. The van der Waals surface area contributed by atoms with Gasteiger partial charge in [-0.15, -0.1) is 0 Å².